The van der Waals surface area contributed by atoms with Gasteiger partial charge in [-0.05, 0) is 51.4 Å². The van der Waals surface area contributed by atoms with Crippen LogP contribution < -0.4 is 0 Å². The summed E-state index contributed by atoms with van der Waals surface area (Å²) in [7, 11) is 0. The Kier molecular flexibility index (Phi) is 34.6. The van der Waals surface area contributed by atoms with Crippen LogP contribution in [0.15, 0.2) is 48.6 Å². The third kappa shape index (κ3) is 26.3. The van der Waals surface area contributed by atoms with Crippen molar-refractivity contribution in [3.8, 4) is 0 Å². The van der Waals surface area contributed by atoms with E-state index in [2.05, 4.69) is 62.5 Å². The Morgan fingerprint density at radius 2 is 0.955 bits per heavy atom. The van der Waals surface area contributed by atoms with Crippen LogP contribution in [0.2, 0.25) is 0 Å². The fourth-order valence-corrected chi connectivity index (χ4v) is 7.68. The van der Waals surface area contributed by atoms with Crippen LogP contribution in [0, 0.1) is 0 Å². The smallest absolute Gasteiger partial charge is 0.306 e. The second-order valence-electron chi connectivity index (χ2n) is 17.6. The van der Waals surface area contributed by atoms with E-state index in [1.165, 1.54) is 70.6 Å². The van der Waals surface area contributed by atoms with E-state index in [1.54, 1.807) is 0 Å². The van der Waals surface area contributed by atoms with E-state index in [4.69, 9.17) is 28.4 Å². The Labute approximate surface area is 395 Å². The first kappa shape index (κ1) is 59.6. The summed E-state index contributed by atoms with van der Waals surface area (Å²) in [6.45, 7) is 2.43. The summed E-state index contributed by atoms with van der Waals surface area (Å²) in [4.78, 5) is 25.7. The Balaban J connectivity index is 1.84. The van der Waals surface area contributed by atoms with Crippen molar-refractivity contribution in [1.82, 2.24) is 0 Å². The standard InChI is InChI=1S/C51H88O15/c1-3-5-7-9-11-13-15-17-19-21-23-25-27-29-31-33-42(53)61-36-39(64-43(54)34-32-30-28-26-24-22-20-18-16-14-12-10-8-6-4-2)37-62-50-49(60)47(58)45(56)41(66-50)38-63-51-48(59)46(57)44(55)40(35-52)65-51/h5,7,11,13,17,19,23,25,39-41,44-52,55-60H,3-4,6,8-10,12,14-16,18,20-22,24,26-38H2,1-2H3/b7-5+,13-11+,19-17+,25-23+/t39-,40-,41-,44+,45+,46?,47?,48?,49?,50-,51-/m1/s1. The lowest BCUT2D eigenvalue weighted by molar-refractivity contribution is -0.332. The number of carbonyl (C=O) groups is 2. The van der Waals surface area contributed by atoms with Crippen LogP contribution in [0.4, 0.5) is 0 Å². The van der Waals surface area contributed by atoms with E-state index >= 15 is 0 Å². The van der Waals surface area contributed by atoms with Gasteiger partial charge in [0, 0.05) is 12.8 Å². The molecule has 2 aliphatic rings. The number of allylic oxidation sites excluding steroid dienone is 8. The van der Waals surface area contributed by atoms with Gasteiger partial charge in [0.25, 0.3) is 0 Å². The number of unbranched alkanes of at least 4 members (excludes halogenated alkanes) is 16. The summed E-state index contributed by atoms with van der Waals surface area (Å²) in [5, 5.41) is 72.0. The van der Waals surface area contributed by atoms with Crippen molar-refractivity contribution < 1.29 is 73.8 Å². The van der Waals surface area contributed by atoms with Gasteiger partial charge < -0.3 is 64.2 Å². The quantitative estimate of drug-likeness (QED) is 0.0194. The molecule has 0 spiro atoms. The lowest BCUT2D eigenvalue weighted by Gasteiger charge is -2.42. The van der Waals surface area contributed by atoms with Gasteiger partial charge in [-0.3, -0.25) is 9.59 Å². The lowest BCUT2D eigenvalue weighted by atomic mass is 9.98. The summed E-state index contributed by atoms with van der Waals surface area (Å²) in [5.41, 5.74) is 0. The number of rotatable bonds is 38. The van der Waals surface area contributed by atoms with Crippen LogP contribution in [0.1, 0.15) is 168 Å². The molecule has 66 heavy (non-hydrogen) atoms. The zero-order valence-corrected chi connectivity index (χ0v) is 40.2. The van der Waals surface area contributed by atoms with Gasteiger partial charge in [-0.2, -0.15) is 0 Å². The van der Waals surface area contributed by atoms with Crippen LogP contribution in [-0.4, -0.2) is 142 Å². The average Bonchev–Trinajstić information content (AvgIpc) is 3.31. The fourth-order valence-electron chi connectivity index (χ4n) is 7.68. The highest BCUT2D eigenvalue weighted by Crippen LogP contribution is 2.26. The first-order valence-corrected chi connectivity index (χ1v) is 25.2. The second-order valence-corrected chi connectivity index (χ2v) is 17.6. The Bertz CT molecular complexity index is 1340. The zero-order valence-electron chi connectivity index (χ0n) is 40.2. The van der Waals surface area contributed by atoms with Gasteiger partial charge in [0.15, 0.2) is 18.7 Å². The molecule has 0 bridgehead atoms. The molecule has 382 valence electrons. The highest BCUT2D eigenvalue weighted by Gasteiger charge is 2.47. The third-order valence-corrected chi connectivity index (χ3v) is 11.8. The highest BCUT2D eigenvalue weighted by molar-refractivity contribution is 5.70. The molecule has 0 aromatic carbocycles. The Hall–Kier alpha value is -2.54. The van der Waals surface area contributed by atoms with Gasteiger partial charge in [-0.25, -0.2) is 0 Å². The van der Waals surface area contributed by atoms with Crippen LogP contribution in [0.5, 0.6) is 0 Å². The van der Waals surface area contributed by atoms with Crippen molar-refractivity contribution in [3.05, 3.63) is 48.6 Å². The van der Waals surface area contributed by atoms with Crippen LogP contribution in [-0.2, 0) is 38.0 Å². The van der Waals surface area contributed by atoms with Crippen molar-refractivity contribution in [3.63, 3.8) is 0 Å². The number of hydrogen-bond donors (Lipinski definition) is 7. The minimum atomic E-state index is -1.77. The molecule has 0 aromatic heterocycles. The topological polar surface area (TPSA) is 231 Å². The van der Waals surface area contributed by atoms with Gasteiger partial charge in [0.05, 0.1) is 19.8 Å². The molecule has 4 unspecified atom stereocenters. The van der Waals surface area contributed by atoms with E-state index in [-0.39, 0.29) is 19.4 Å². The molecule has 7 N–H and O–H groups in total. The maximum Gasteiger partial charge on any atom is 0.306 e. The van der Waals surface area contributed by atoms with Crippen molar-refractivity contribution in [2.45, 2.75) is 235 Å². The molecule has 0 radical (unpaired) electrons. The summed E-state index contributed by atoms with van der Waals surface area (Å²) < 4.78 is 33.5. The van der Waals surface area contributed by atoms with E-state index in [0.29, 0.717) is 12.8 Å². The summed E-state index contributed by atoms with van der Waals surface area (Å²) >= 11 is 0. The maximum atomic E-state index is 13.0. The van der Waals surface area contributed by atoms with Crippen LogP contribution >= 0.6 is 0 Å². The van der Waals surface area contributed by atoms with Gasteiger partial charge in [-0.15, -0.1) is 0 Å². The molecule has 2 heterocycles. The number of carbonyl (C=O) groups excluding carboxylic acids is 2. The summed E-state index contributed by atoms with van der Waals surface area (Å²) in [6, 6.07) is 0. The van der Waals surface area contributed by atoms with Crippen LogP contribution in [0.25, 0.3) is 0 Å². The first-order valence-electron chi connectivity index (χ1n) is 25.2. The normalized spacial score (nSPS) is 26.6. The molecule has 2 saturated heterocycles. The molecule has 2 fully saturated rings. The number of ether oxygens (including phenoxy) is 6. The van der Waals surface area contributed by atoms with E-state index in [0.717, 1.165) is 57.8 Å². The van der Waals surface area contributed by atoms with Gasteiger partial charge >= 0.3 is 11.9 Å². The maximum absolute atomic E-state index is 13.0. The summed E-state index contributed by atoms with van der Waals surface area (Å²) in [6.07, 6.45) is 24.3. The van der Waals surface area contributed by atoms with Crippen molar-refractivity contribution in [2.24, 2.45) is 0 Å². The molecule has 2 aliphatic heterocycles. The van der Waals surface area contributed by atoms with E-state index < -0.39 is 99.3 Å². The number of esters is 2. The largest absolute Gasteiger partial charge is 0.462 e. The zero-order chi connectivity index (χ0) is 48.2. The minimum Gasteiger partial charge on any atom is -0.462 e. The van der Waals surface area contributed by atoms with Gasteiger partial charge in [0.1, 0.15) is 55.4 Å². The van der Waals surface area contributed by atoms with Gasteiger partial charge in [0.2, 0.25) is 0 Å². The minimum absolute atomic E-state index is 0.158. The average molecular weight is 941 g/mol. The van der Waals surface area contributed by atoms with Crippen LogP contribution in [0.3, 0.4) is 0 Å². The fraction of sp³-hybridized carbons (Fsp3) is 0.804. The predicted molar refractivity (Wildman–Crippen MR) is 252 cm³/mol. The lowest BCUT2D eigenvalue weighted by Crippen LogP contribution is -2.61. The van der Waals surface area contributed by atoms with Crippen molar-refractivity contribution in [1.29, 1.82) is 0 Å². The predicted octanol–water partition coefficient (Wildman–Crippen LogP) is 6.71. The molecule has 0 saturated carbocycles. The Morgan fingerprint density at radius 3 is 1.50 bits per heavy atom. The highest BCUT2D eigenvalue weighted by atomic mass is 16.7. The van der Waals surface area contributed by atoms with E-state index in [1.807, 2.05) is 0 Å². The molecular formula is C51H88O15. The molecule has 11 atom stereocenters. The van der Waals surface area contributed by atoms with Gasteiger partial charge in [-0.1, -0.05) is 152 Å². The number of aliphatic hydroxyl groups excluding tert-OH is 7. The second kappa shape index (κ2) is 38.3. The molecule has 2 rings (SSSR count). The Morgan fingerprint density at radius 1 is 0.500 bits per heavy atom. The molecule has 0 aromatic rings. The van der Waals surface area contributed by atoms with Crippen molar-refractivity contribution in [2.75, 3.05) is 26.4 Å². The molecule has 0 aliphatic carbocycles. The molecule has 15 nitrogen and oxygen atoms in total. The SMILES string of the molecule is CC/C=C/C/C=C/C/C=C/C/C=C/CCCCC(=O)OC[C@H](CO[C@@H]1O[C@H](CO[C@@H]2O[C@H](CO)[C@H](O)C(O)C2O)[C@H](O)C(O)C1O)OC(=O)CCCCCCCCCCCCCCCCC. The summed E-state index contributed by atoms with van der Waals surface area (Å²) in [5.74, 6) is -0.972. The third-order valence-electron chi connectivity index (χ3n) is 11.8. The number of hydrogen-bond acceptors (Lipinski definition) is 15. The molecule has 15 heteroatoms. The van der Waals surface area contributed by atoms with Crippen molar-refractivity contribution >= 4 is 11.9 Å². The molecular weight excluding hydrogens is 853 g/mol. The van der Waals surface area contributed by atoms with E-state index in [9.17, 15) is 45.3 Å². The monoisotopic (exact) mass is 941 g/mol. The first-order chi connectivity index (χ1) is 32.0. The molecule has 0 amide bonds. The number of aliphatic hydroxyl groups is 7.